The molecular formula is C10H12FNO2. The minimum absolute atomic E-state index is 0.344. The highest BCUT2D eigenvalue weighted by molar-refractivity contribution is 5.77. The number of hydrogen-bond donors (Lipinski definition) is 1. The Balaban J connectivity index is 3.01. The highest BCUT2D eigenvalue weighted by atomic mass is 19.1. The number of carbonyl (C=O) groups excluding carboxylic acids is 1. The first kappa shape index (κ1) is 10.7. The van der Waals surface area contributed by atoms with Crippen LogP contribution in [-0.2, 0) is 9.53 Å². The Bertz CT molecular complexity index is 352. The van der Waals surface area contributed by atoms with Gasteiger partial charge in [0.1, 0.15) is 11.9 Å². The molecule has 0 saturated heterocycles. The average molecular weight is 197 g/mol. The first-order chi connectivity index (χ1) is 6.56. The fraction of sp³-hybridized carbons (Fsp3) is 0.300. The van der Waals surface area contributed by atoms with E-state index in [1.54, 1.807) is 6.92 Å². The molecule has 1 atom stereocenters. The van der Waals surface area contributed by atoms with E-state index < -0.39 is 12.0 Å². The lowest BCUT2D eigenvalue weighted by atomic mass is 10.0. The topological polar surface area (TPSA) is 52.3 Å². The van der Waals surface area contributed by atoms with Gasteiger partial charge in [0.05, 0.1) is 7.11 Å². The second-order valence-corrected chi connectivity index (χ2v) is 3.00. The normalized spacial score (nSPS) is 12.3. The maximum absolute atomic E-state index is 12.7. The number of esters is 1. The monoisotopic (exact) mass is 197 g/mol. The summed E-state index contributed by atoms with van der Waals surface area (Å²) in [5, 5.41) is 0. The van der Waals surface area contributed by atoms with Crippen molar-refractivity contribution in [3.05, 3.63) is 35.1 Å². The Kier molecular flexibility index (Phi) is 3.19. The van der Waals surface area contributed by atoms with Gasteiger partial charge in [-0.15, -0.1) is 0 Å². The van der Waals surface area contributed by atoms with Crippen molar-refractivity contribution >= 4 is 5.97 Å². The zero-order valence-corrected chi connectivity index (χ0v) is 8.08. The number of carbonyl (C=O) groups is 1. The molecule has 0 fully saturated rings. The van der Waals surface area contributed by atoms with Gasteiger partial charge in [-0.1, -0.05) is 6.07 Å². The van der Waals surface area contributed by atoms with E-state index in [2.05, 4.69) is 4.74 Å². The summed E-state index contributed by atoms with van der Waals surface area (Å²) in [5.74, 6) is -0.872. The van der Waals surface area contributed by atoms with Crippen LogP contribution in [-0.4, -0.2) is 13.1 Å². The molecule has 4 heteroatoms. The van der Waals surface area contributed by atoms with Gasteiger partial charge >= 0.3 is 5.97 Å². The van der Waals surface area contributed by atoms with E-state index in [0.29, 0.717) is 11.1 Å². The van der Waals surface area contributed by atoms with Gasteiger partial charge in [-0.2, -0.15) is 0 Å². The zero-order chi connectivity index (χ0) is 10.7. The van der Waals surface area contributed by atoms with Crippen LogP contribution in [0.15, 0.2) is 18.2 Å². The maximum atomic E-state index is 12.7. The number of benzene rings is 1. The Morgan fingerprint density at radius 3 is 2.71 bits per heavy atom. The second-order valence-electron chi connectivity index (χ2n) is 3.00. The predicted octanol–water partition coefficient (Wildman–Crippen LogP) is 1.31. The summed E-state index contributed by atoms with van der Waals surface area (Å²) in [4.78, 5) is 11.1. The number of hydrogen-bond acceptors (Lipinski definition) is 3. The fourth-order valence-corrected chi connectivity index (χ4v) is 1.24. The molecule has 2 N–H and O–H groups in total. The second kappa shape index (κ2) is 4.19. The number of ether oxygens (including phenoxy) is 1. The van der Waals surface area contributed by atoms with Crippen molar-refractivity contribution in [3.8, 4) is 0 Å². The first-order valence-electron chi connectivity index (χ1n) is 4.15. The molecule has 1 aromatic carbocycles. The highest BCUT2D eigenvalue weighted by Crippen LogP contribution is 2.17. The van der Waals surface area contributed by atoms with E-state index in [1.165, 1.54) is 25.3 Å². The summed E-state index contributed by atoms with van der Waals surface area (Å²) in [5.41, 5.74) is 6.83. The number of aryl methyl sites for hydroxylation is 1. The number of methoxy groups -OCH3 is 1. The van der Waals surface area contributed by atoms with Gasteiger partial charge < -0.3 is 10.5 Å². The third-order valence-corrected chi connectivity index (χ3v) is 2.02. The molecule has 0 saturated carbocycles. The summed E-state index contributed by atoms with van der Waals surface area (Å²) in [6.45, 7) is 1.70. The van der Waals surface area contributed by atoms with Gasteiger partial charge in [-0.25, -0.2) is 4.39 Å². The molecule has 0 aliphatic rings. The average Bonchev–Trinajstić information content (AvgIpc) is 2.15. The van der Waals surface area contributed by atoms with Crippen LogP contribution in [0.1, 0.15) is 17.2 Å². The Morgan fingerprint density at radius 2 is 2.21 bits per heavy atom. The van der Waals surface area contributed by atoms with Crippen LogP contribution in [0.5, 0.6) is 0 Å². The zero-order valence-electron chi connectivity index (χ0n) is 8.08. The molecule has 0 aromatic heterocycles. The molecule has 1 aromatic rings. The minimum Gasteiger partial charge on any atom is -0.468 e. The molecule has 76 valence electrons. The number of halogens is 1. The van der Waals surface area contributed by atoms with Crippen LogP contribution < -0.4 is 5.73 Å². The summed E-state index contributed by atoms with van der Waals surface area (Å²) in [7, 11) is 1.26. The van der Waals surface area contributed by atoms with Gasteiger partial charge in [-0.05, 0) is 30.2 Å². The largest absolute Gasteiger partial charge is 0.468 e. The van der Waals surface area contributed by atoms with E-state index >= 15 is 0 Å². The van der Waals surface area contributed by atoms with Crippen LogP contribution in [0.25, 0.3) is 0 Å². The first-order valence-corrected chi connectivity index (χ1v) is 4.15. The molecule has 0 aliphatic carbocycles. The molecule has 1 rings (SSSR count). The number of nitrogens with two attached hydrogens (primary N) is 1. The lowest BCUT2D eigenvalue weighted by molar-refractivity contribution is -0.142. The van der Waals surface area contributed by atoms with Gasteiger partial charge in [0.15, 0.2) is 0 Å². The minimum atomic E-state index is -0.847. The van der Waals surface area contributed by atoms with Crippen molar-refractivity contribution in [1.29, 1.82) is 0 Å². The lowest BCUT2D eigenvalue weighted by Crippen LogP contribution is -2.23. The van der Waals surface area contributed by atoms with Crippen LogP contribution in [0.4, 0.5) is 4.39 Å². The van der Waals surface area contributed by atoms with Gasteiger partial charge in [0.2, 0.25) is 0 Å². The van der Waals surface area contributed by atoms with E-state index in [1.807, 2.05) is 0 Å². The van der Waals surface area contributed by atoms with Crippen molar-refractivity contribution in [2.75, 3.05) is 7.11 Å². The summed E-state index contributed by atoms with van der Waals surface area (Å²) >= 11 is 0. The predicted molar refractivity (Wildman–Crippen MR) is 50.1 cm³/mol. The molecule has 0 spiro atoms. The molecule has 0 bridgehead atoms. The smallest absolute Gasteiger partial charge is 0.327 e. The Morgan fingerprint density at radius 1 is 1.57 bits per heavy atom. The standard InChI is InChI=1S/C10H12FNO2/c1-6-5-7(11)3-4-8(6)9(12)10(13)14-2/h3-5,9H,12H2,1-2H3/t9-/m0/s1. The Labute approximate surface area is 81.7 Å². The molecule has 0 heterocycles. The van der Waals surface area contributed by atoms with E-state index in [0.717, 1.165) is 0 Å². The molecule has 3 nitrogen and oxygen atoms in total. The van der Waals surface area contributed by atoms with Crippen LogP contribution >= 0.6 is 0 Å². The van der Waals surface area contributed by atoms with Gasteiger partial charge in [0.25, 0.3) is 0 Å². The van der Waals surface area contributed by atoms with Crippen molar-refractivity contribution in [2.45, 2.75) is 13.0 Å². The quantitative estimate of drug-likeness (QED) is 0.727. The molecule has 0 unspecified atom stereocenters. The SMILES string of the molecule is COC(=O)[C@@H](N)c1ccc(F)cc1C. The lowest BCUT2D eigenvalue weighted by Gasteiger charge is -2.12. The summed E-state index contributed by atoms with van der Waals surface area (Å²) in [6.07, 6.45) is 0. The summed E-state index contributed by atoms with van der Waals surface area (Å²) in [6, 6.07) is 3.25. The van der Waals surface area contributed by atoms with Crippen LogP contribution in [0.2, 0.25) is 0 Å². The highest BCUT2D eigenvalue weighted by Gasteiger charge is 2.17. The third-order valence-electron chi connectivity index (χ3n) is 2.02. The van der Waals surface area contributed by atoms with Crippen molar-refractivity contribution < 1.29 is 13.9 Å². The molecule has 0 radical (unpaired) electrons. The maximum Gasteiger partial charge on any atom is 0.327 e. The molecular weight excluding hydrogens is 185 g/mol. The molecule has 0 aliphatic heterocycles. The molecule has 14 heavy (non-hydrogen) atoms. The van der Waals surface area contributed by atoms with Crippen LogP contribution in [0, 0.1) is 12.7 Å². The van der Waals surface area contributed by atoms with E-state index in [-0.39, 0.29) is 5.82 Å². The van der Waals surface area contributed by atoms with Crippen molar-refractivity contribution in [3.63, 3.8) is 0 Å². The molecule has 0 amide bonds. The van der Waals surface area contributed by atoms with E-state index in [9.17, 15) is 9.18 Å². The Hall–Kier alpha value is -1.42. The number of rotatable bonds is 2. The van der Waals surface area contributed by atoms with Crippen molar-refractivity contribution in [1.82, 2.24) is 0 Å². The summed E-state index contributed by atoms with van der Waals surface area (Å²) < 4.78 is 17.2. The van der Waals surface area contributed by atoms with E-state index in [4.69, 9.17) is 5.73 Å². The van der Waals surface area contributed by atoms with Gasteiger partial charge in [-0.3, -0.25) is 4.79 Å². The fourth-order valence-electron chi connectivity index (χ4n) is 1.24. The van der Waals surface area contributed by atoms with Crippen molar-refractivity contribution in [2.24, 2.45) is 5.73 Å². The third kappa shape index (κ3) is 2.09. The van der Waals surface area contributed by atoms with Crippen LogP contribution in [0.3, 0.4) is 0 Å². The van der Waals surface area contributed by atoms with Gasteiger partial charge in [0, 0.05) is 0 Å².